The van der Waals surface area contributed by atoms with Gasteiger partial charge in [0, 0.05) is 18.3 Å². The fourth-order valence-electron chi connectivity index (χ4n) is 1.87. The van der Waals surface area contributed by atoms with Crippen molar-refractivity contribution in [2.45, 2.75) is 30.7 Å². The molecule has 0 atom stereocenters. The first kappa shape index (κ1) is 10.6. The van der Waals surface area contributed by atoms with Crippen LogP contribution in [0.4, 0.5) is 0 Å². The molecule has 15 heavy (non-hydrogen) atoms. The molecule has 1 aliphatic rings. The minimum Gasteiger partial charge on any atom is -0.298 e. The Bertz CT molecular complexity index is 323. The van der Waals surface area contributed by atoms with Gasteiger partial charge in [-0.25, -0.2) is 4.98 Å². The second-order valence-corrected chi connectivity index (χ2v) is 4.78. The number of rotatable bonds is 4. The molecular formula is C11H14N2OS. The van der Waals surface area contributed by atoms with Gasteiger partial charge in [0.25, 0.3) is 0 Å². The summed E-state index contributed by atoms with van der Waals surface area (Å²) in [7, 11) is 0. The number of hydrogen-bond donors (Lipinski definition) is 0. The van der Waals surface area contributed by atoms with Gasteiger partial charge >= 0.3 is 0 Å². The Balaban J connectivity index is 1.80. The van der Waals surface area contributed by atoms with E-state index in [1.807, 2.05) is 0 Å². The third kappa shape index (κ3) is 3.02. The molecule has 0 aliphatic heterocycles. The van der Waals surface area contributed by atoms with E-state index in [1.165, 1.54) is 24.6 Å². The topological polar surface area (TPSA) is 42.9 Å². The van der Waals surface area contributed by atoms with Crippen molar-refractivity contribution >= 4 is 17.5 Å². The van der Waals surface area contributed by atoms with E-state index in [2.05, 4.69) is 9.97 Å². The van der Waals surface area contributed by atoms with Crippen LogP contribution >= 0.6 is 11.8 Å². The van der Waals surface area contributed by atoms with Crippen LogP contribution in [-0.4, -0.2) is 21.5 Å². The van der Waals surface area contributed by atoms with E-state index in [4.69, 9.17) is 0 Å². The molecule has 0 saturated heterocycles. The molecule has 4 heteroatoms. The van der Waals surface area contributed by atoms with Gasteiger partial charge in [0.15, 0.2) is 0 Å². The van der Waals surface area contributed by atoms with Crippen LogP contribution < -0.4 is 0 Å². The van der Waals surface area contributed by atoms with Crippen molar-refractivity contribution in [2.24, 2.45) is 5.92 Å². The van der Waals surface area contributed by atoms with Crippen LogP contribution in [0.2, 0.25) is 0 Å². The lowest BCUT2D eigenvalue weighted by Crippen LogP contribution is -2.13. The molecule has 1 aromatic heterocycles. The van der Waals surface area contributed by atoms with Gasteiger partial charge in [-0.1, -0.05) is 24.6 Å². The van der Waals surface area contributed by atoms with Crippen LogP contribution in [0.3, 0.4) is 0 Å². The van der Waals surface area contributed by atoms with E-state index in [0.717, 1.165) is 17.9 Å². The molecule has 1 aromatic rings. The second-order valence-electron chi connectivity index (χ2n) is 3.78. The maximum absolute atomic E-state index is 11.7. The Morgan fingerprint density at radius 2 is 2.20 bits per heavy atom. The highest BCUT2D eigenvalue weighted by Crippen LogP contribution is 2.27. The highest BCUT2D eigenvalue weighted by atomic mass is 32.2. The first-order chi connectivity index (χ1) is 7.36. The van der Waals surface area contributed by atoms with Gasteiger partial charge in [-0.2, -0.15) is 0 Å². The van der Waals surface area contributed by atoms with Crippen molar-refractivity contribution in [1.29, 1.82) is 0 Å². The molecule has 0 radical (unpaired) electrons. The summed E-state index contributed by atoms with van der Waals surface area (Å²) in [5.41, 5.74) is 0. The van der Waals surface area contributed by atoms with Crippen LogP contribution in [0.15, 0.2) is 23.6 Å². The molecule has 0 bridgehead atoms. The molecule has 1 aliphatic carbocycles. The Kier molecular flexibility index (Phi) is 3.72. The summed E-state index contributed by atoms with van der Waals surface area (Å²) in [5.74, 6) is 1.24. The molecule has 3 nitrogen and oxygen atoms in total. The molecule has 0 amide bonds. The molecule has 1 fully saturated rings. The highest BCUT2D eigenvalue weighted by molar-refractivity contribution is 7.99. The minimum atomic E-state index is 0.314. The summed E-state index contributed by atoms with van der Waals surface area (Å²) in [6.45, 7) is 0. The minimum absolute atomic E-state index is 0.314. The summed E-state index contributed by atoms with van der Waals surface area (Å²) in [6.07, 6.45) is 9.59. The SMILES string of the molecule is O=C(CSc1cnccn1)C1CCCC1. The number of nitrogens with zero attached hydrogens (tertiary/aromatic N) is 2. The Morgan fingerprint density at radius 1 is 1.40 bits per heavy atom. The summed E-state index contributed by atoms with van der Waals surface area (Å²) >= 11 is 1.49. The van der Waals surface area contributed by atoms with Gasteiger partial charge in [0.05, 0.1) is 11.9 Å². The normalized spacial score (nSPS) is 16.8. The smallest absolute Gasteiger partial charge is 0.146 e. The summed E-state index contributed by atoms with van der Waals surface area (Å²) in [6, 6.07) is 0. The number of aromatic nitrogens is 2. The van der Waals surface area contributed by atoms with Gasteiger partial charge in [0.1, 0.15) is 10.8 Å². The number of carbonyl (C=O) groups is 1. The molecular weight excluding hydrogens is 208 g/mol. The predicted octanol–water partition coefficient (Wildman–Crippen LogP) is 2.33. The van der Waals surface area contributed by atoms with Crippen LogP contribution in [0.5, 0.6) is 0 Å². The largest absolute Gasteiger partial charge is 0.298 e. The average molecular weight is 222 g/mol. The van der Waals surface area contributed by atoms with Crippen molar-refractivity contribution in [3.63, 3.8) is 0 Å². The maximum Gasteiger partial charge on any atom is 0.146 e. The zero-order chi connectivity index (χ0) is 10.5. The Morgan fingerprint density at radius 3 is 2.87 bits per heavy atom. The molecule has 80 valence electrons. The van der Waals surface area contributed by atoms with Crippen LogP contribution in [0.25, 0.3) is 0 Å². The average Bonchev–Trinajstić information content (AvgIpc) is 2.81. The van der Waals surface area contributed by atoms with Gasteiger partial charge in [-0.3, -0.25) is 9.78 Å². The third-order valence-corrected chi connectivity index (χ3v) is 3.65. The van der Waals surface area contributed by atoms with E-state index in [0.29, 0.717) is 17.5 Å². The lowest BCUT2D eigenvalue weighted by molar-refractivity contribution is -0.120. The third-order valence-electron chi connectivity index (χ3n) is 2.71. The fraction of sp³-hybridized carbons (Fsp3) is 0.545. The van der Waals surface area contributed by atoms with E-state index < -0.39 is 0 Å². The summed E-state index contributed by atoms with van der Waals surface area (Å²) < 4.78 is 0. The number of carbonyl (C=O) groups excluding carboxylic acids is 1. The van der Waals surface area contributed by atoms with E-state index in [9.17, 15) is 4.79 Å². The van der Waals surface area contributed by atoms with Crippen molar-refractivity contribution in [3.8, 4) is 0 Å². The van der Waals surface area contributed by atoms with E-state index in [-0.39, 0.29) is 0 Å². The van der Waals surface area contributed by atoms with Crippen molar-refractivity contribution in [2.75, 3.05) is 5.75 Å². The second kappa shape index (κ2) is 5.26. The number of ketones is 1. The Labute approximate surface area is 93.7 Å². The van der Waals surface area contributed by atoms with Gasteiger partial charge in [-0.05, 0) is 12.8 Å². The van der Waals surface area contributed by atoms with Gasteiger partial charge in [0.2, 0.25) is 0 Å². The number of Topliss-reactive ketones (excluding diaryl/α,β-unsaturated/α-hetero) is 1. The first-order valence-electron chi connectivity index (χ1n) is 5.28. The van der Waals surface area contributed by atoms with Gasteiger partial charge in [-0.15, -0.1) is 0 Å². The van der Waals surface area contributed by atoms with Crippen LogP contribution in [0, 0.1) is 5.92 Å². The van der Waals surface area contributed by atoms with Crippen LogP contribution in [0.1, 0.15) is 25.7 Å². The fourth-order valence-corrected chi connectivity index (χ4v) is 2.67. The summed E-state index contributed by atoms with van der Waals surface area (Å²) in [4.78, 5) is 19.8. The maximum atomic E-state index is 11.7. The van der Waals surface area contributed by atoms with Crippen molar-refractivity contribution < 1.29 is 4.79 Å². The Hall–Kier alpha value is -0.900. The van der Waals surface area contributed by atoms with Gasteiger partial charge < -0.3 is 0 Å². The predicted molar refractivity (Wildman–Crippen MR) is 59.7 cm³/mol. The molecule has 1 saturated carbocycles. The van der Waals surface area contributed by atoms with Crippen molar-refractivity contribution in [1.82, 2.24) is 9.97 Å². The van der Waals surface area contributed by atoms with Crippen molar-refractivity contribution in [3.05, 3.63) is 18.6 Å². The van der Waals surface area contributed by atoms with Crippen LogP contribution in [-0.2, 0) is 4.79 Å². The quantitative estimate of drug-likeness (QED) is 0.733. The molecule has 0 N–H and O–H groups in total. The molecule has 1 heterocycles. The zero-order valence-electron chi connectivity index (χ0n) is 8.56. The van der Waals surface area contributed by atoms with E-state index in [1.54, 1.807) is 18.6 Å². The van der Waals surface area contributed by atoms with E-state index >= 15 is 0 Å². The number of hydrogen-bond acceptors (Lipinski definition) is 4. The lowest BCUT2D eigenvalue weighted by atomic mass is 10.0. The number of thioether (sulfide) groups is 1. The first-order valence-corrected chi connectivity index (χ1v) is 6.26. The molecule has 0 aromatic carbocycles. The standard InChI is InChI=1S/C11H14N2OS/c14-10(9-3-1-2-4-9)8-15-11-7-12-5-6-13-11/h5-7,9H,1-4,8H2. The molecule has 2 rings (SSSR count). The molecule has 0 unspecified atom stereocenters. The zero-order valence-corrected chi connectivity index (χ0v) is 9.37. The summed E-state index contributed by atoms with van der Waals surface area (Å²) in [5, 5.41) is 0.837. The lowest BCUT2D eigenvalue weighted by Gasteiger charge is -2.06. The highest BCUT2D eigenvalue weighted by Gasteiger charge is 2.22. The monoisotopic (exact) mass is 222 g/mol. The molecule has 0 spiro atoms.